The van der Waals surface area contributed by atoms with Crippen molar-refractivity contribution in [3.05, 3.63) is 90.3 Å². The molecule has 2 amide bonds. The van der Waals surface area contributed by atoms with Gasteiger partial charge in [-0.2, -0.15) is 0 Å². The zero-order chi connectivity index (χ0) is 37.1. The van der Waals surface area contributed by atoms with Crippen LogP contribution in [-0.2, 0) is 31.0 Å². The Morgan fingerprint density at radius 3 is 2.28 bits per heavy atom. The number of hydrogen-bond donors (Lipinski definition) is 2. The van der Waals surface area contributed by atoms with Gasteiger partial charge in [0, 0.05) is 35.5 Å². The molecule has 11 nitrogen and oxygen atoms in total. The second-order valence-electron chi connectivity index (χ2n) is 14.5. The topological polar surface area (TPSA) is 150 Å². The van der Waals surface area contributed by atoms with Gasteiger partial charge in [0.25, 0.3) is 10.0 Å². The van der Waals surface area contributed by atoms with E-state index in [1.165, 1.54) is 50.2 Å². The van der Waals surface area contributed by atoms with Gasteiger partial charge in [-0.15, -0.1) is 0 Å². The summed E-state index contributed by atoms with van der Waals surface area (Å²) < 4.78 is 27.5. The molecule has 1 unspecified atom stereocenters. The number of nitrogens with one attached hydrogen (secondary N) is 1. The largest absolute Gasteiger partial charge is 0.480 e. The van der Waals surface area contributed by atoms with E-state index in [1.54, 1.807) is 42.5 Å². The zero-order valence-corrected chi connectivity index (χ0v) is 30.7. The molecule has 0 radical (unpaired) electrons. The minimum Gasteiger partial charge on any atom is -0.480 e. The Labute approximate surface area is 310 Å². The maximum atomic E-state index is 13.2. The first-order valence-corrected chi connectivity index (χ1v) is 20.0. The molecular formula is C41H45N5O6S. The molecule has 2 N–H and O–H groups in total. The molecule has 276 valence electrons. The fraction of sp³-hybridized carbons (Fsp3) is 0.390. The van der Waals surface area contributed by atoms with Gasteiger partial charge in [-0.1, -0.05) is 80.8 Å². The predicted molar refractivity (Wildman–Crippen MR) is 203 cm³/mol. The molecule has 12 heteroatoms. The number of amides is 2. The molecule has 1 atom stereocenters. The highest BCUT2D eigenvalue weighted by molar-refractivity contribution is 7.93. The van der Waals surface area contributed by atoms with E-state index in [4.69, 9.17) is 0 Å². The molecule has 3 aromatic carbocycles. The molecule has 0 bridgehead atoms. The number of benzene rings is 3. The molecule has 1 saturated carbocycles. The molecule has 0 spiro atoms. The Hall–Kier alpha value is -5.10. The molecular weight excluding hydrogens is 691 g/mol. The van der Waals surface area contributed by atoms with E-state index in [0.717, 1.165) is 56.3 Å². The summed E-state index contributed by atoms with van der Waals surface area (Å²) in [6.45, 7) is 0.718. The smallest absolute Gasteiger partial charge is 0.323 e. The normalized spacial score (nSPS) is 20.5. The molecule has 1 aromatic heterocycles. The number of carboxylic acids is 1. The van der Waals surface area contributed by atoms with Crippen molar-refractivity contribution in [1.29, 1.82) is 0 Å². The van der Waals surface area contributed by atoms with Crippen molar-refractivity contribution in [3.63, 3.8) is 0 Å². The highest BCUT2D eigenvalue weighted by Gasteiger charge is 2.37. The summed E-state index contributed by atoms with van der Waals surface area (Å²) in [6, 6.07) is 17.4. The first-order valence-electron chi connectivity index (χ1n) is 18.5. The van der Waals surface area contributed by atoms with E-state index in [1.807, 2.05) is 24.5 Å². The maximum Gasteiger partial charge on any atom is 0.323 e. The van der Waals surface area contributed by atoms with Gasteiger partial charge in [-0.25, -0.2) is 18.4 Å². The van der Waals surface area contributed by atoms with E-state index in [0.29, 0.717) is 22.5 Å². The van der Waals surface area contributed by atoms with Crippen LogP contribution in [0.3, 0.4) is 0 Å². The Balaban J connectivity index is 0.932. The van der Waals surface area contributed by atoms with Crippen LogP contribution in [0.5, 0.6) is 0 Å². The van der Waals surface area contributed by atoms with Crippen LogP contribution in [0.15, 0.2) is 84.0 Å². The van der Waals surface area contributed by atoms with Crippen molar-refractivity contribution in [1.82, 2.24) is 20.2 Å². The third-order valence-electron chi connectivity index (χ3n) is 11.3. The molecule has 7 rings (SSSR count). The monoisotopic (exact) mass is 735 g/mol. The number of rotatable bonds is 12. The van der Waals surface area contributed by atoms with E-state index < -0.39 is 47.4 Å². The number of carbonyl (C=O) groups excluding carboxylic acids is 2. The molecule has 0 saturated heterocycles. The highest BCUT2D eigenvalue weighted by atomic mass is 32.2. The second-order valence-corrected chi connectivity index (χ2v) is 16.3. The fourth-order valence-corrected chi connectivity index (χ4v) is 9.90. The van der Waals surface area contributed by atoms with Gasteiger partial charge in [-0.05, 0) is 78.5 Å². The summed E-state index contributed by atoms with van der Waals surface area (Å²) in [4.78, 5) is 48.3. The lowest BCUT2D eigenvalue weighted by Gasteiger charge is -2.35. The minimum atomic E-state index is -3.96. The predicted octanol–water partition coefficient (Wildman–Crippen LogP) is 6.44. The molecule has 1 fully saturated rings. The van der Waals surface area contributed by atoms with Crippen LogP contribution >= 0.6 is 0 Å². The van der Waals surface area contributed by atoms with Gasteiger partial charge in [0.05, 0.1) is 17.1 Å². The average Bonchev–Trinajstić information content (AvgIpc) is 3.40. The lowest BCUT2D eigenvalue weighted by atomic mass is 9.71. The van der Waals surface area contributed by atoms with Crippen molar-refractivity contribution in [2.75, 3.05) is 23.9 Å². The number of hydrogen-bond acceptors (Lipinski definition) is 7. The first kappa shape index (κ1) is 36.3. The van der Waals surface area contributed by atoms with Crippen LogP contribution in [-0.4, -0.2) is 65.8 Å². The Morgan fingerprint density at radius 2 is 1.62 bits per heavy atom. The second kappa shape index (κ2) is 15.5. The SMILES string of the molecule is CC[C@H]1CC[C@H](C2CC=C(c3cnc(-c4ccc(CN(CC(=O)O)C(=O)CNC(=O)CN5c6cccc7cccc(c67)S5(=O)=O)cc4)nc3)CC2)CC1. The minimum absolute atomic E-state index is 0.00587. The van der Waals surface area contributed by atoms with Crippen molar-refractivity contribution in [3.8, 4) is 11.4 Å². The first-order chi connectivity index (χ1) is 25.6. The maximum absolute atomic E-state index is 13.2. The third kappa shape index (κ3) is 7.83. The standard InChI is InChI=1S/C41H45N5O6S/c1-2-27-9-13-29(14-10-27)30-17-19-31(20-18-30)34-21-43-41(44-22-34)33-15-11-28(12-16-33)24-45(26-39(49)50)38(48)23-42-37(47)25-46-35-7-3-5-32-6-4-8-36(40(32)35)53(46,51)52/h3-8,11-12,15-16,19,21-22,27,29-30H,2,9-10,13-14,17-18,20,23-26H2,1H3,(H,42,47)(H,49,50)/t27-,29-,30?. The van der Waals surface area contributed by atoms with Gasteiger partial charge in [-0.3, -0.25) is 18.7 Å². The van der Waals surface area contributed by atoms with Crippen molar-refractivity contribution in [2.24, 2.45) is 17.8 Å². The van der Waals surface area contributed by atoms with Gasteiger partial charge < -0.3 is 15.3 Å². The summed E-state index contributed by atoms with van der Waals surface area (Å²) in [7, 11) is -3.96. The van der Waals surface area contributed by atoms with Crippen LogP contribution in [0.4, 0.5) is 5.69 Å². The van der Waals surface area contributed by atoms with Crippen LogP contribution < -0.4 is 9.62 Å². The van der Waals surface area contributed by atoms with Gasteiger partial charge in [0.2, 0.25) is 11.8 Å². The zero-order valence-electron chi connectivity index (χ0n) is 29.9. The van der Waals surface area contributed by atoms with Crippen molar-refractivity contribution in [2.45, 2.75) is 69.7 Å². The molecule has 1 aliphatic heterocycles. The van der Waals surface area contributed by atoms with Crippen molar-refractivity contribution >= 4 is 49.8 Å². The molecule has 2 aliphatic carbocycles. The summed E-state index contributed by atoms with van der Waals surface area (Å²) in [5.41, 5.74) is 4.24. The van der Waals surface area contributed by atoms with E-state index >= 15 is 0 Å². The summed E-state index contributed by atoms with van der Waals surface area (Å²) in [6.07, 6.45) is 16.4. The number of carboxylic acid groups (broad SMARTS) is 1. The van der Waals surface area contributed by atoms with Crippen LogP contribution in [0, 0.1) is 17.8 Å². The number of sulfonamides is 1. The average molecular weight is 736 g/mol. The third-order valence-corrected chi connectivity index (χ3v) is 13.1. The number of aromatic nitrogens is 2. The summed E-state index contributed by atoms with van der Waals surface area (Å²) in [5.74, 6) is 0.623. The molecule has 2 heterocycles. The molecule has 3 aliphatic rings. The summed E-state index contributed by atoms with van der Waals surface area (Å²) >= 11 is 0. The summed E-state index contributed by atoms with van der Waals surface area (Å²) in [5, 5.41) is 13.3. The van der Waals surface area contributed by atoms with E-state index in [-0.39, 0.29) is 11.4 Å². The van der Waals surface area contributed by atoms with Crippen LogP contribution in [0.25, 0.3) is 27.7 Å². The number of carbonyl (C=O) groups is 3. The number of nitrogens with zero attached hydrogens (tertiary/aromatic N) is 4. The van der Waals surface area contributed by atoms with Crippen LogP contribution in [0.2, 0.25) is 0 Å². The van der Waals surface area contributed by atoms with Gasteiger partial charge in [0.15, 0.2) is 5.82 Å². The molecule has 4 aromatic rings. The van der Waals surface area contributed by atoms with E-state index in [2.05, 4.69) is 28.3 Å². The Kier molecular flexibility index (Phi) is 10.6. The lowest BCUT2D eigenvalue weighted by molar-refractivity contribution is -0.144. The molecule has 53 heavy (non-hydrogen) atoms. The van der Waals surface area contributed by atoms with Gasteiger partial charge >= 0.3 is 5.97 Å². The Morgan fingerprint density at radius 1 is 0.906 bits per heavy atom. The van der Waals surface area contributed by atoms with Gasteiger partial charge in [0.1, 0.15) is 13.1 Å². The fourth-order valence-electron chi connectivity index (χ4n) is 8.23. The highest BCUT2D eigenvalue weighted by Crippen LogP contribution is 2.43. The van der Waals surface area contributed by atoms with Crippen LogP contribution in [0.1, 0.15) is 69.4 Å². The number of allylic oxidation sites excluding steroid dienone is 2. The number of aliphatic carboxylic acids is 1. The lowest BCUT2D eigenvalue weighted by Crippen LogP contribution is -2.45. The number of anilines is 1. The quantitative estimate of drug-likeness (QED) is 0.169. The van der Waals surface area contributed by atoms with E-state index in [9.17, 15) is 27.9 Å². The van der Waals surface area contributed by atoms with Crippen molar-refractivity contribution < 1.29 is 27.9 Å². The Bertz CT molecular complexity index is 2140.